The maximum Gasteiger partial charge on any atom is 0.224 e. The summed E-state index contributed by atoms with van der Waals surface area (Å²) in [4.78, 5) is 12.4. The number of rotatable bonds is 3. The maximum absolute atomic E-state index is 5.98. The van der Waals surface area contributed by atoms with Crippen LogP contribution >= 0.6 is 11.6 Å². The molecule has 0 aliphatic carbocycles. The molecular weight excluding hydrogens is 234 g/mol. The van der Waals surface area contributed by atoms with Gasteiger partial charge in [0, 0.05) is 6.54 Å². The van der Waals surface area contributed by atoms with Crippen molar-refractivity contribution < 1.29 is 4.94 Å². The van der Waals surface area contributed by atoms with Crippen LogP contribution in [0.4, 0.5) is 17.6 Å². The molecule has 0 fully saturated rings. The monoisotopic (exact) mass is 245 g/mol. The van der Waals surface area contributed by atoms with Crippen LogP contribution in [0.25, 0.3) is 0 Å². The minimum absolute atomic E-state index is 0.115. The molecule has 0 saturated carbocycles. The van der Waals surface area contributed by atoms with Gasteiger partial charge < -0.3 is 5.73 Å². The summed E-state index contributed by atoms with van der Waals surface area (Å²) in [7, 11) is 0. The summed E-state index contributed by atoms with van der Waals surface area (Å²) in [6.45, 7) is 2.34. The van der Waals surface area contributed by atoms with Gasteiger partial charge in [0.1, 0.15) is 5.50 Å². The lowest BCUT2D eigenvalue weighted by atomic mass is 10.3. The highest BCUT2D eigenvalue weighted by Crippen LogP contribution is 2.30. The van der Waals surface area contributed by atoms with Gasteiger partial charge in [-0.2, -0.15) is 20.8 Å². The second-order valence-corrected chi connectivity index (χ2v) is 3.86. The van der Waals surface area contributed by atoms with Gasteiger partial charge in [0.05, 0.1) is 5.56 Å². The van der Waals surface area contributed by atoms with E-state index < -0.39 is 0 Å². The molecule has 0 saturated heterocycles. The van der Waals surface area contributed by atoms with Crippen LogP contribution in [-0.2, 0) is 11.5 Å². The lowest BCUT2D eigenvalue weighted by Gasteiger charge is -2.20. The fraction of sp³-hybridized carbons (Fsp3) is 0.429. The van der Waals surface area contributed by atoms with Crippen LogP contribution < -0.4 is 27.5 Å². The minimum atomic E-state index is -0.262. The van der Waals surface area contributed by atoms with Gasteiger partial charge in [-0.05, 0) is 6.92 Å². The number of nitrogens with two attached hydrogens (primary N) is 2. The van der Waals surface area contributed by atoms with Crippen molar-refractivity contribution in [1.29, 1.82) is 0 Å². The van der Waals surface area contributed by atoms with Crippen LogP contribution in [0.3, 0.4) is 0 Å². The Balaban J connectivity index is 2.43. The van der Waals surface area contributed by atoms with Crippen molar-refractivity contribution in [3.8, 4) is 0 Å². The molecule has 0 bridgehead atoms. The smallest absolute Gasteiger partial charge is 0.224 e. The first-order chi connectivity index (χ1) is 7.63. The highest BCUT2D eigenvalue weighted by Gasteiger charge is 2.27. The Morgan fingerprint density at radius 1 is 1.62 bits per heavy atom. The van der Waals surface area contributed by atoms with Crippen molar-refractivity contribution in [2.24, 2.45) is 5.90 Å². The molecule has 1 aliphatic rings. The zero-order valence-electron chi connectivity index (χ0n) is 8.57. The van der Waals surface area contributed by atoms with E-state index in [1.165, 1.54) is 0 Å². The second-order valence-electron chi connectivity index (χ2n) is 3.23. The average Bonchev–Trinajstić information content (AvgIpc) is 2.61. The topological polar surface area (TPSA) is 114 Å². The summed E-state index contributed by atoms with van der Waals surface area (Å²) in [5.74, 6) is 6.09. The Labute approximate surface area is 96.8 Å². The van der Waals surface area contributed by atoms with E-state index in [2.05, 4.69) is 25.8 Å². The molecule has 1 aliphatic heterocycles. The first kappa shape index (κ1) is 11.1. The second kappa shape index (κ2) is 4.26. The predicted octanol–water partition coefficient (Wildman–Crippen LogP) is -0.315. The van der Waals surface area contributed by atoms with Crippen LogP contribution in [0.2, 0.25) is 0 Å². The molecule has 1 aromatic rings. The van der Waals surface area contributed by atoms with E-state index in [1.807, 2.05) is 6.92 Å². The molecule has 9 heteroatoms. The van der Waals surface area contributed by atoms with Gasteiger partial charge in [-0.15, -0.1) is 0 Å². The fourth-order valence-electron chi connectivity index (χ4n) is 1.52. The van der Waals surface area contributed by atoms with Crippen molar-refractivity contribution in [3.05, 3.63) is 5.56 Å². The van der Waals surface area contributed by atoms with Gasteiger partial charge >= 0.3 is 0 Å². The number of halogens is 1. The number of fused-ring (bicyclic) bond motifs is 1. The number of nitrogens with zero attached hydrogens (tertiary/aromatic N) is 3. The molecule has 8 nitrogen and oxygen atoms in total. The molecule has 1 aromatic heterocycles. The Hall–Kier alpha value is -1.35. The molecular formula is C7H12ClN7O. The van der Waals surface area contributed by atoms with Crippen LogP contribution in [0.15, 0.2) is 0 Å². The number of alkyl halides is 1. The van der Waals surface area contributed by atoms with E-state index >= 15 is 0 Å². The normalized spacial score (nSPS) is 16.1. The van der Waals surface area contributed by atoms with Gasteiger partial charge in [-0.3, -0.25) is 5.01 Å². The summed E-state index contributed by atoms with van der Waals surface area (Å²) in [5.41, 5.74) is 11.6. The lowest BCUT2D eigenvalue weighted by Crippen LogP contribution is -2.37. The lowest BCUT2D eigenvalue weighted by molar-refractivity contribution is 0.199. The van der Waals surface area contributed by atoms with Crippen LogP contribution in [0.1, 0.15) is 12.5 Å². The van der Waals surface area contributed by atoms with Crippen LogP contribution in [0, 0.1) is 0 Å². The Kier molecular flexibility index (Phi) is 2.97. The van der Waals surface area contributed by atoms with Crippen molar-refractivity contribution in [3.63, 3.8) is 0 Å². The molecule has 0 amide bonds. The largest absolute Gasteiger partial charge is 0.368 e. The fourth-order valence-corrected chi connectivity index (χ4v) is 1.69. The molecule has 2 rings (SSSR count). The molecule has 0 aromatic carbocycles. The number of anilines is 3. The van der Waals surface area contributed by atoms with Crippen LogP contribution in [0.5, 0.6) is 0 Å². The first-order valence-corrected chi connectivity index (χ1v) is 5.02. The zero-order valence-corrected chi connectivity index (χ0v) is 9.32. The number of hydrazine groups is 1. The number of nitrogen functional groups attached to an aromatic ring is 1. The standard InChI is InChI=1S/C7H12ClN7O/c1-3(8)15-6-4(2-11-15)5(14-16-10)12-7(9)13-6/h3,11H,2,10H2,1H3,(H3,9,12,13,14). The molecule has 0 radical (unpaired) electrons. The third kappa shape index (κ3) is 1.83. The first-order valence-electron chi connectivity index (χ1n) is 4.58. The van der Waals surface area contributed by atoms with Crippen LogP contribution in [-0.4, -0.2) is 15.5 Å². The summed E-state index contributed by atoms with van der Waals surface area (Å²) in [6, 6.07) is 0. The highest BCUT2D eigenvalue weighted by molar-refractivity contribution is 6.21. The average molecular weight is 246 g/mol. The van der Waals surface area contributed by atoms with Gasteiger partial charge in [0.25, 0.3) is 0 Å². The molecule has 16 heavy (non-hydrogen) atoms. The van der Waals surface area contributed by atoms with E-state index in [1.54, 1.807) is 5.01 Å². The van der Waals surface area contributed by atoms with Crippen molar-refractivity contribution in [2.75, 3.05) is 16.2 Å². The third-order valence-electron chi connectivity index (χ3n) is 2.17. The number of aromatic nitrogens is 2. The molecule has 1 unspecified atom stereocenters. The summed E-state index contributed by atoms with van der Waals surface area (Å²) in [6.07, 6.45) is 0. The van der Waals surface area contributed by atoms with E-state index in [4.69, 9.17) is 23.2 Å². The van der Waals surface area contributed by atoms with E-state index in [0.29, 0.717) is 18.2 Å². The van der Waals surface area contributed by atoms with E-state index in [-0.39, 0.29) is 11.4 Å². The Morgan fingerprint density at radius 2 is 2.38 bits per heavy atom. The van der Waals surface area contributed by atoms with Crippen molar-refractivity contribution >= 4 is 29.2 Å². The Bertz CT molecular complexity index is 399. The number of nitrogens with one attached hydrogen (secondary N) is 2. The van der Waals surface area contributed by atoms with Gasteiger partial charge in [-0.1, -0.05) is 11.6 Å². The van der Waals surface area contributed by atoms with Gasteiger partial charge in [0.2, 0.25) is 5.95 Å². The molecule has 88 valence electrons. The van der Waals surface area contributed by atoms with Gasteiger partial charge in [-0.25, -0.2) is 10.9 Å². The molecule has 1 atom stereocenters. The highest BCUT2D eigenvalue weighted by atomic mass is 35.5. The quantitative estimate of drug-likeness (QED) is 0.326. The zero-order chi connectivity index (χ0) is 11.7. The summed E-state index contributed by atoms with van der Waals surface area (Å²) in [5, 5.41) is 1.69. The van der Waals surface area contributed by atoms with Crippen molar-refractivity contribution in [1.82, 2.24) is 15.4 Å². The predicted molar refractivity (Wildman–Crippen MR) is 60.0 cm³/mol. The number of hydrogen-bond acceptors (Lipinski definition) is 8. The molecule has 2 heterocycles. The van der Waals surface area contributed by atoms with Gasteiger partial charge in [0.15, 0.2) is 11.6 Å². The van der Waals surface area contributed by atoms with E-state index in [0.717, 1.165) is 5.56 Å². The summed E-state index contributed by atoms with van der Waals surface area (Å²) >= 11 is 5.98. The van der Waals surface area contributed by atoms with Crippen molar-refractivity contribution in [2.45, 2.75) is 19.0 Å². The Morgan fingerprint density at radius 3 is 3.00 bits per heavy atom. The maximum atomic E-state index is 5.98. The molecule has 6 N–H and O–H groups in total. The molecule has 0 spiro atoms. The third-order valence-corrected chi connectivity index (χ3v) is 2.36. The minimum Gasteiger partial charge on any atom is -0.368 e. The number of hydrogen-bond donors (Lipinski definition) is 4. The van der Waals surface area contributed by atoms with E-state index in [9.17, 15) is 0 Å². The SMILES string of the molecule is CC(Cl)N1NCc2c(NON)nc(N)nc21. The summed E-state index contributed by atoms with van der Waals surface area (Å²) < 4.78 is 0.